The van der Waals surface area contributed by atoms with Crippen LogP contribution in [0, 0.1) is 12.8 Å². The summed E-state index contributed by atoms with van der Waals surface area (Å²) in [5.41, 5.74) is 2.55. The summed E-state index contributed by atoms with van der Waals surface area (Å²) in [5.74, 6) is 2.52. The maximum atomic E-state index is 4.87. The van der Waals surface area contributed by atoms with Crippen LogP contribution in [0.2, 0.25) is 0 Å². The van der Waals surface area contributed by atoms with Crippen LogP contribution in [0.1, 0.15) is 37.4 Å². The van der Waals surface area contributed by atoms with E-state index in [1.165, 1.54) is 36.6 Å². The molecule has 3 heterocycles. The molecule has 1 aromatic rings. The summed E-state index contributed by atoms with van der Waals surface area (Å²) in [5, 5.41) is 3.51. The number of nitrogens with one attached hydrogen (secondary N) is 1. The van der Waals surface area contributed by atoms with Crippen molar-refractivity contribution in [2.45, 2.75) is 39.2 Å². The number of hydrogen-bond donors (Lipinski definition) is 1. The van der Waals surface area contributed by atoms with Crippen molar-refractivity contribution >= 4 is 5.82 Å². The quantitative estimate of drug-likeness (QED) is 0.866. The van der Waals surface area contributed by atoms with E-state index in [0.29, 0.717) is 12.0 Å². The Hall–Kier alpha value is -1.09. The Balaban J connectivity index is 1.92. The second-order valence-corrected chi connectivity index (χ2v) is 6.05. The largest absolute Gasteiger partial charge is 0.352 e. The number of aryl methyl sites for hydroxylation is 1. The van der Waals surface area contributed by atoms with Crippen LogP contribution in [0.5, 0.6) is 0 Å². The number of fused-ring (bicyclic) bond motifs is 1. The molecule has 2 saturated heterocycles. The maximum absolute atomic E-state index is 4.87. The number of aromatic nitrogens is 1. The van der Waals surface area contributed by atoms with Crippen molar-refractivity contribution < 1.29 is 0 Å². The summed E-state index contributed by atoms with van der Waals surface area (Å²) in [6.45, 7) is 10.1. The van der Waals surface area contributed by atoms with Crippen molar-refractivity contribution in [3.05, 3.63) is 23.4 Å². The van der Waals surface area contributed by atoms with Gasteiger partial charge in [0, 0.05) is 31.4 Å². The molecule has 0 bridgehead atoms. The molecule has 2 aliphatic heterocycles. The van der Waals surface area contributed by atoms with Gasteiger partial charge < -0.3 is 10.2 Å². The molecule has 0 aromatic carbocycles. The Morgan fingerprint density at radius 2 is 2.17 bits per heavy atom. The Labute approximate surface area is 110 Å². The van der Waals surface area contributed by atoms with Crippen LogP contribution in [-0.2, 0) is 0 Å². The first-order chi connectivity index (χ1) is 8.65. The van der Waals surface area contributed by atoms with E-state index in [0.717, 1.165) is 12.5 Å². The van der Waals surface area contributed by atoms with Crippen LogP contribution in [0.25, 0.3) is 0 Å². The van der Waals surface area contributed by atoms with E-state index in [1.807, 2.05) is 0 Å². The lowest BCUT2D eigenvalue weighted by Crippen LogP contribution is -2.34. The summed E-state index contributed by atoms with van der Waals surface area (Å²) >= 11 is 0. The molecule has 1 N–H and O–H groups in total. The number of hydrogen-bond acceptors (Lipinski definition) is 3. The van der Waals surface area contributed by atoms with Gasteiger partial charge in [0.2, 0.25) is 0 Å². The summed E-state index contributed by atoms with van der Waals surface area (Å²) < 4.78 is 0. The average Bonchev–Trinajstić information content (AvgIpc) is 2.89. The fraction of sp³-hybridized carbons (Fsp3) is 0.667. The molecule has 0 spiro atoms. The van der Waals surface area contributed by atoms with Crippen molar-refractivity contribution in [1.29, 1.82) is 0 Å². The first kappa shape index (κ1) is 12.0. The van der Waals surface area contributed by atoms with Crippen molar-refractivity contribution in [3.63, 3.8) is 0 Å². The Kier molecular flexibility index (Phi) is 3.02. The fourth-order valence-electron chi connectivity index (χ4n) is 3.25. The lowest BCUT2D eigenvalue weighted by atomic mass is 10.0. The van der Waals surface area contributed by atoms with Crippen molar-refractivity contribution in [1.82, 2.24) is 10.3 Å². The monoisotopic (exact) mass is 245 g/mol. The normalized spacial score (nSPS) is 27.0. The van der Waals surface area contributed by atoms with Gasteiger partial charge in [0.25, 0.3) is 0 Å². The highest BCUT2D eigenvalue weighted by atomic mass is 15.3. The predicted octanol–water partition coefficient (Wildman–Crippen LogP) is 2.31. The molecule has 3 heteroatoms. The second kappa shape index (κ2) is 4.54. The standard InChI is InChI=1S/C15H23N3/c1-10(2)13-6-11(3)7-15(17-13)18-5-4-12-8-16-9-14(12)18/h6-7,10,12,14,16H,4-5,8-9H2,1-3H3/t12-,14+/m1/s1. The van der Waals surface area contributed by atoms with E-state index in [4.69, 9.17) is 4.98 Å². The number of pyridine rings is 1. The Morgan fingerprint density at radius 1 is 1.33 bits per heavy atom. The second-order valence-electron chi connectivity index (χ2n) is 6.05. The highest BCUT2D eigenvalue weighted by Gasteiger charge is 2.38. The Bertz CT molecular complexity index is 441. The van der Waals surface area contributed by atoms with E-state index in [9.17, 15) is 0 Å². The van der Waals surface area contributed by atoms with Crippen molar-refractivity contribution in [3.8, 4) is 0 Å². The summed E-state index contributed by atoms with van der Waals surface area (Å²) in [7, 11) is 0. The molecule has 0 radical (unpaired) electrons. The lowest BCUT2D eigenvalue weighted by Gasteiger charge is -2.25. The minimum atomic E-state index is 0.503. The lowest BCUT2D eigenvalue weighted by molar-refractivity contribution is 0.577. The van der Waals surface area contributed by atoms with Crippen LogP contribution in [-0.4, -0.2) is 30.7 Å². The SMILES string of the molecule is Cc1cc(C(C)C)nc(N2CC[C@@H]3CNC[C@@H]32)c1. The smallest absolute Gasteiger partial charge is 0.129 e. The molecule has 1 aromatic heterocycles. The van der Waals surface area contributed by atoms with E-state index in [2.05, 4.69) is 43.1 Å². The molecule has 0 unspecified atom stereocenters. The van der Waals surface area contributed by atoms with Crippen LogP contribution >= 0.6 is 0 Å². The molecule has 0 aliphatic carbocycles. The number of nitrogens with zero attached hydrogens (tertiary/aromatic N) is 2. The van der Waals surface area contributed by atoms with E-state index in [-0.39, 0.29) is 0 Å². The summed E-state index contributed by atoms with van der Waals surface area (Å²) in [6, 6.07) is 5.13. The zero-order valence-electron chi connectivity index (χ0n) is 11.6. The third-order valence-corrected chi connectivity index (χ3v) is 4.31. The first-order valence-electron chi connectivity index (χ1n) is 7.11. The third kappa shape index (κ3) is 2.01. The van der Waals surface area contributed by atoms with Crippen LogP contribution in [0.3, 0.4) is 0 Å². The summed E-state index contributed by atoms with van der Waals surface area (Å²) in [6.07, 6.45) is 1.31. The minimum absolute atomic E-state index is 0.503. The van der Waals surface area contributed by atoms with Gasteiger partial charge in [-0.05, 0) is 42.9 Å². The number of rotatable bonds is 2. The molecule has 3 nitrogen and oxygen atoms in total. The van der Waals surface area contributed by atoms with Gasteiger partial charge in [0.1, 0.15) is 5.82 Å². The highest BCUT2D eigenvalue weighted by molar-refractivity contribution is 5.46. The van der Waals surface area contributed by atoms with Gasteiger partial charge in [-0.1, -0.05) is 13.8 Å². The molecular formula is C15H23N3. The van der Waals surface area contributed by atoms with Gasteiger partial charge in [0.15, 0.2) is 0 Å². The topological polar surface area (TPSA) is 28.2 Å². The molecule has 0 saturated carbocycles. The number of anilines is 1. The van der Waals surface area contributed by atoms with Crippen LogP contribution in [0.15, 0.2) is 12.1 Å². The molecule has 3 rings (SSSR count). The highest BCUT2D eigenvalue weighted by Crippen LogP contribution is 2.32. The molecular weight excluding hydrogens is 222 g/mol. The zero-order valence-corrected chi connectivity index (χ0v) is 11.6. The molecule has 2 fully saturated rings. The van der Waals surface area contributed by atoms with Gasteiger partial charge >= 0.3 is 0 Å². The fourth-order valence-corrected chi connectivity index (χ4v) is 3.25. The molecule has 0 amide bonds. The Morgan fingerprint density at radius 3 is 2.94 bits per heavy atom. The molecule has 2 atom stereocenters. The van der Waals surface area contributed by atoms with Crippen molar-refractivity contribution in [2.24, 2.45) is 5.92 Å². The van der Waals surface area contributed by atoms with Crippen LogP contribution in [0.4, 0.5) is 5.82 Å². The van der Waals surface area contributed by atoms with E-state index < -0.39 is 0 Å². The van der Waals surface area contributed by atoms with Gasteiger partial charge in [-0.25, -0.2) is 4.98 Å². The van der Waals surface area contributed by atoms with Gasteiger partial charge in [-0.15, -0.1) is 0 Å². The van der Waals surface area contributed by atoms with Gasteiger partial charge in [0.05, 0.1) is 0 Å². The van der Waals surface area contributed by atoms with Crippen LogP contribution < -0.4 is 10.2 Å². The zero-order chi connectivity index (χ0) is 12.7. The van der Waals surface area contributed by atoms with Gasteiger partial charge in [-0.3, -0.25) is 0 Å². The van der Waals surface area contributed by atoms with E-state index in [1.54, 1.807) is 0 Å². The van der Waals surface area contributed by atoms with E-state index >= 15 is 0 Å². The molecule has 2 aliphatic rings. The first-order valence-corrected chi connectivity index (χ1v) is 7.11. The molecule has 18 heavy (non-hydrogen) atoms. The van der Waals surface area contributed by atoms with Gasteiger partial charge in [-0.2, -0.15) is 0 Å². The maximum Gasteiger partial charge on any atom is 0.129 e. The molecule has 98 valence electrons. The average molecular weight is 245 g/mol. The predicted molar refractivity (Wildman–Crippen MR) is 75.2 cm³/mol. The third-order valence-electron chi connectivity index (χ3n) is 4.31. The van der Waals surface area contributed by atoms with Crippen molar-refractivity contribution in [2.75, 3.05) is 24.5 Å². The minimum Gasteiger partial charge on any atom is -0.352 e. The summed E-state index contributed by atoms with van der Waals surface area (Å²) in [4.78, 5) is 7.39.